The van der Waals surface area contributed by atoms with Crippen LogP contribution in [0.15, 0.2) is 22.3 Å². The molecule has 0 spiro atoms. The van der Waals surface area contributed by atoms with Gasteiger partial charge in [0, 0.05) is 11.1 Å². The average molecular weight is 605 g/mol. The lowest BCUT2D eigenvalue weighted by molar-refractivity contribution is -0.173. The van der Waals surface area contributed by atoms with Crippen molar-refractivity contribution in [2.24, 2.45) is 16.3 Å². The van der Waals surface area contributed by atoms with Gasteiger partial charge in [-0.25, -0.2) is 9.78 Å². The molecule has 17 heteroatoms. The highest BCUT2D eigenvalue weighted by atomic mass is 35.5. The van der Waals surface area contributed by atoms with Gasteiger partial charge in [0.2, 0.25) is 12.7 Å². The largest absolute Gasteiger partial charge is 0.427 e. The molecule has 1 aromatic rings. The molecule has 3 rings (SSSR count). The fourth-order valence-corrected chi connectivity index (χ4v) is 5.01. The van der Waals surface area contributed by atoms with Crippen molar-refractivity contribution in [2.75, 3.05) is 25.0 Å². The number of oxime groups is 1. The van der Waals surface area contributed by atoms with E-state index in [-0.39, 0.29) is 34.6 Å². The Morgan fingerprint density at radius 1 is 1.28 bits per heavy atom. The Kier molecular flexibility index (Phi) is 10.9. The number of rotatable bonds is 9. The van der Waals surface area contributed by atoms with Crippen LogP contribution in [-0.4, -0.2) is 82.4 Å². The monoisotopic (exact) mass is 604 g/mol. The van der Waals surface area contributed by atoms with Gasteiger partial charge in [-0.3, -0.25) is 24.1 Å². The summed E-state index contributed by atoms with van der Waals surface area (Å²) in [5, 5.41) is 9.96. The number of aromatic nitrogens is 1. The number of ether oxygens (including phenoxy) is 2. The number of thiazole rings is 1. The third kappa shape index (κ3) is 7.46. The van der Waals surface area contributed by atoms with Crippen molar-refractivity contribution >= 4 is 76.0 Å². The summed E-state index contributed by atoms with van der Waals surface area (Å²) >= 11 is 2.38. The minimum atomic E-state index is -0.958. The molecule has 0 saturated carbocycles. The van der Waals surface area contributed by atoms with E-state index in [1.165, 1.54) is 42.2 Å². The second-order valence-electron chi connectivity index (χ2n) is 9.14. The predicted octanol–water partition coefficient (Wildman–Crippen LogP) is 0.575. The molecule has 0 aliphatic carbocycles. The number of hydrogen-bond donors (Lipinski definition) is 3. The Balaban J connectivity index is 0.00000533. The molecule has 2 aliphatic heterocycles. The molecule has 3 amide bonds. The minimum Gasteiger partial charge on any atom is -0.427 e. The molecule has 1 saturated heterocycles. The number of β-lactam (4-membered cyclic amide) rings is 1. The maximum atomic E-state index is 13.0. The number of esters is 2. The van der Waals surface area contributed by atoms with Gasteiger partial charge in [0.15, 0.2) is 10.8 Å². The van der Waals surface area contributed by atoms with E-state index < -0.39 is 59.3 Å². The number of fused-ring (bicyclic) bond motifs is 1. The summed E-state index contributed by atoms with van der Waals surface area (Å²) in [4.78, 5) is 72.2. The average Bonchev–Trinajstić information content (AvgIpc) is 3.31. The van der Waals surface area contributed by atoms with Crippen LogP contribution in [0.1, 0.15) is 33.4 Å². The first kappa shape index (κ1) is 32.0. The molecule has 3 heterocycles. The minimum absolute atomic E-state index is 0. The van der Waals surface area contributed by atoms with Crippen molar-refractivity contribution < 1.29 is 38.3 Å². The Bertz CT molecular complexity index is 1200. The number of anilines is 1. The van der Waals surface area contributed by atoms with Gasteiger partial charge in [0.05, 0.1) is 11.5 Å². The zero-order chi connectivity index (χ0) is 28.2. The number of halogens is 1. The SMILES string of the molecule is CO/N=C(\C(=O)NC1C(=O)N2C(C(=O)OCOC(=O)C(C)(C)C)=CCS[C@H]12)c1csc(NC(=O)[C@H](C)N)n1.Cl. The topological polar surface area (TPSA) is 192 Å². The summed E-state index contributed by atoms with van der Waals surface area (Å²) in [7, 11) is 1.24. The standard InChI is InChI=1S/C22H28N6O8S2.ClH/c1-10(23)15(29)26-21-24-11(8-38-21)13(27-34-5)16(30)25-14-17(31)28-12(6-7-37-18(14)28)19(32)35-9-36-20(33)22(2,3)4;/h6,8,10,14,18H,7,9,23H2,1-5H3,(H,25,30)(H,24,26,29);1H/b27-13-;/t10-,14?,18+;/m0./s1. The van der Waals surface area contributed by atoms with Crippen molar-refractivity contribution in [3.8, 4) is 0 Å². The first-order valence-corrected chi connectivity index (χ1v) is 13.2. The predicted molar refractivity (Wildman–Crippen MR) is 145 cm³/mol. The van der Waals surface area contributed by atoms with E-state index in [0.717, 1.165) is 11.3 Å². The number of carbonyl (C=O) groups excluding carboxylic acids is 5. The Morgan fingerprint density at radius 3 is 2.59 bits per heavy atom. The van der Waals surface area contributed by atoms with E-state index in [1.54, 1.807) is 20.8 Å². The summed E-state index contributed by atoms with van der Waals surface area (Å²) in [6, 6.07) is -1.71. The smallest absolute Gasteiger partial charge is 0.357 e. The molecule has 1 aromatic heterocycles. The van der Waals surface area contributed by atoms with Crippen LogP contribution in [0.4, 0.5) is 5.13 Å². The summed E-state index contributed by atoms with van der Waals surface area (Å²) in [6.07, 6.45) is 1.52. The van der Waals surface area contributed by atoms with Crippen LogP contribution in [0.25, 0.3) is 0 Å². The molecule has 214 valence electrons. The quantitative estimate of drug-likeness (QED) is 0.117. The number of carbonyl (C=O) groups is 5. The van der Waals surface area contributed by atoms with E-state index in [2.05, 4.69) is 20.8 Å². The van der Waals surface area contributed by atoms with Gasteiger partial charge >= 0.3 is 11.9 Å². The molecule has 39 heavy (non-hydrogen) atoms. The maximum Gasteiger partial charge on any atom is 0.357 e. The normalized spacial score (nSPS) is 19.3. The molecular weight excluding hydrogens is 576 g/mol. The van der Waals surface area contributed by atoms with Crippen LogP contribution in [0.2, 0.25) is 0 Å². The van der Waals surface area contributed by atoms with Gasteiger partial charge in [-0.05, 0) is 33.8 Å². The lowest BCUT2D eigenvalue weighted by Crippen LogP contribution is -2.70. The van der Waals surface area contributed by atoms with Crippen molar-refractivity contribution in [3.05, 3.63) is 22.8 Å². The van der Waals surface area contributed by atoms with Gasteiger partial charge in [0.1, 0.15) is 29.9 Å². The number of nitrogens with two attached hydrogens (primary N) is 1. The second kappa shape index (κ2) is 13.2. The molecule has 1 unspecified atom stereocenters. The van der Waals surface area contributed by atoms with Crippen molar-refractivity contribution in [1.82, 2.24) is 15.2 Å². The number of hydrogen-bond acceptors (Lipinski definition) is 13. The third-order valence-corrected chi connectivity index (χ3v) is 7.06. The van der Waals surface area contributed by atoms with Gasteiger partial charge in [-0.1, -0.05) is 5.16 Å². The Morgan fingerprint density at radius 2 is 1.97 bits per heavy atom. The fraction of sp³-hybridized carbons (Fsp3) is 0.500. The number of nitrogens with zero attached hydrogens (tertiary/aromatic N) is 3. The molecule has 14 nitrogen and oxygen atoms in total. The highest BCUT2D eigenvalue weighted by molar-refractivity contribution is 8.00. The zero-order valence-corrected chi connectivity index (χ0v) is 24.2. The molecule has 0 radical (unpaired) electrons. The Labute approximate surface area is 238 Å². The maximum absolute atomic E-state index is 13.0. The van der Waals surface area contributed by atoms with Crippen LogP contribution < -0.4 is 16.4 Å². The molecular formula is C22H29ClN6O8S2. The zero-order valence-electron chi connectivity index (χ0n) is 21.7. The fourth-order valence-electron chi connectivity index (χ4n) is 3.12. The lowest BCUT2D eigenvalue weighted by Gasteiger charge is -2.48. The highest BCUT2D eigenvalue weighted by Crippen LogP contribution is 2.38. The number of thioether (sulfide) groups is 1. The molecule has 2 aliphatic rings. The van der Waals surface area contributed by atoms with Crippen LogP contribution >= 0.6 is 35.5 Å². The molecule has 3 atom stereocenters. The lowest BCUT2D eigenvalue weighted by atomic mass is 9.98. The number of nitrogens with one attached hydrogen (secondary N) is 2. The van der Waals surface area contributed by atoms with Gasteiger partial charge in [-0.15, -0.1) is 35.5 Å². The molecule has 0 aromatic carbocycles. The number of amides is 3. The first-order valence-electron chi connectivity index (χ1n) is 11.3. The van der Waals surface area contributed by atoms with Crippen LogP contribution in [0.5, 0.6) is 0 Å². The summed E-state index contributed by atoms with van der Waals surface area (Å²) in [6.45, 7) is 5.90. The second-order valence-corrected chi connectivity index (χ2v) is 11.2. The van der Waals surface area contributed by atoms with Gasteiger partial charge < -0.3 is 30.7 Å². The summed E-state index contributed by atoms with van der Waals surface area (Å²) in [5.41, 5.74) is 4.67. The van der Waals surface area contributed by atoms with Crippen LogP contribution in [-0.2, 0) is 38.3 Å². The third-order valence-electron chi connectivity index (χ3n) is 5.12. The molecule has 4 N–H and O–H groups in total. The first-order chi connectivity index (χ1) is 17.8. The highest BCUT2D eigenvalue weighted by Gasteiger charge is 2.53. The Hall–Kier alpha value is -3.21. The van der Waals surface area contributed by atoms with Crippen molar-refractivity contribution in [3.63, 3.8) is 0 Å². The van der Waals surface area contributed by atoms with Crippen molar-refractivity contribution in [2.45, 2.75) is 45.2 Å². The van der Waals surface area contributed by atoms with E-state index in [4.69, 9.17) is 20.0 Å². The van der Waals surface area contributed by atoms with Crippen LogP contribution in [0, 0.1) is 5.41 Å². The van der Waals surface area contributed by atoms with Crippen LogP contribution in [0.3, 0.4) is 0 Å². The van der Waals surface area contributed by atoms with Gasteiger partial charge in [0.25, 0.3) is 11.8 Å². The van der Waals surface area contributed by atoms with E-state index in [9.17, 15) is 24.0 Å². The van der Waals surface area contributed by atoms with E-state index >= 15 is 0 Å². The van der Waals surface area contributed by atoms with E-state index in [1.807, 2.05) is 0 Å². The molecule has 1 fully saturated rings. The summed E-state index contributed by atoms with van der Waals surface area (Å²) in [5.74, 6) is -2.73. The summed E-state index contributed by atoms with van der Waals surface area (Å²) < 4.78 is 9.96. The van der Waals surface area contributed by atoms with Crippen molar-refractivity contribution in [1.29, 1.82) is 0 Å². The molecule has 0 bridgehead atoms. The van der Waals surface area contributed by atoms with E-state index in [0.29, 0.717) is 5.75 Å². The van der Waals surface area contributed by atoms with Gasteiger partial charge in [-0.2, -0.15) is 0 Å².